The van der Waals surface area contributed by atoms with Crippen LogP contribution in [0.3, 0.4) is 0 Å². The summed E-state index contributed by atoms with van der Waals surface area (Å²) in [4.78, 5) is 12.5. The van der Waals surface area contributed by atoms with E-state index >= 15 is 0 Å². The van der Waals surface area contributed by atoms with Crippen molar-refractivity contribution >= 4 is 62.2 Å². The molecule has 0 spiro atoms. The molecule has 0 aliphatic heterocycles. The number of carbonyl (C=O) groups excluding carboxylic acids is 1. The average molecular weight is 524 g/mol. The Morgan fingerprint density at radius 3 is 2.30 bits per heavy atom. The third-order valence-corrected chi connectivity index (χ3v) is 6.64. The van der Waals surface area contributed by atoms with Crippen molar-refractivity contribution < 1.29 is 13.2 Å². The largest absolute Gasteiger partial charge is 0.321 e. The number of H-pyrrole nitrogens is 1. The molecular weight excluding hydrogens is 511 g/mol. The molecule has 0 aliphatic carbocycles. The van der Waals surface area contributed by atoms with Gasteiger partial charge in [-0.3, -0.25) is 14.6 Å². The van der Waals surface area contributed by atoms with E-state index in [1.165, 1.54) is 36.4 Å². The second-order valence-corrected chi connectivity index (χ2v) is 9.51. The molecule has 2 aromatic heterocycles. The molecule has 2 heterocycles. The lowest BCUT2D eigenvalue weighted by Gasteiger charge is -2.08. The van der Waals surface area contributed by atoms with Crippen molar-refractivity contribution in [2.24, 2.45) is 0 Å². The predicted octanol–water partition coefficient (Wildman–Crippen LogP) is 4.88. The number of carbonyl (C=O) groups is 1. The molecule has 4 rings (SSSR count). The zero-order chi connectivity index (χ0) is 23.6. The van der Waals surface area contributed by atoms with Gasteiger partial charge in [0, 0.05) is 11.3 Å². The SMILES string of the molecule is O=C(Nc1ccc(S(=O)(=O)Nc2ccc(Cl)nn2)cc1)c1cc(-c2ccc(Cl)c(Cl)c2)n[nH]1. The third kappa shape index (κ3) is 5.42. The highest BCUT2D eigenvalue weighted by Crippen LogP contribution is 2.28. The van der Waals surface area contributed by atoms with E-state index in [0.29, 0.717) is 27.0 Å². The van der Waals surface area contributed by atoms with Gasteiger partial charge in [0.15, 0.2) is 11.0 Å². The van der Waals surface area contributed by atoms with Crippen molar-refractivity contribution in [3.05, 3.63) is 81.6 Å². The molecule has 33 heavy (non-hydrogen) atoms. The lowest BCUT2D eigenvalue weighted by Crippen LogP contribution is -2.15. The summed E-state index contributed by atoms with van der Waals surface area (Å²) < 4.78 is 27.3. The second-order valence-electron chi connectivity index (χ2n) is 6.62. The van der Waals surface area contributed by atoms with E-state index in [4.69, 9.17) is 34.8 Å². The molecule has 13 heteroatoms. The Morgan fingerprint density at radius 1 is 0.879 bits per heavy atom. The van der Waals surface area contributed by atoms with Crippen LogP contribution in [-0.4, -0.2) is 34.7 Å². The number of benzene rings is 2. The minimum absolute atomic E-state index is 0.0220. The van der Waals surface area contributed by atoms with Crippen molar-refractivity contribution in [3.63, 3.8) is 0 Å². The van der Waals surface area contributed by atoms with Crippen molar-refractivity contribution in [2.75, 3.05) is 10.0 Å². The first kappa shape index (κ1) is 23.0. The highest BCUT2D eigenvalue weighted by Gasteiger charge is 2.16. The molecule has 0 radical (unpaired) electrons. The Balaban J connectivity index is 1.44. The number of aromatic amines is 1. The van der Waals surface area contributed by atoms with Crippen LogP contribution in [0.1, 0.15) is 10.5 Å². The van der Waals surface area contributed by atoms with Crippen molar-refractivity contribution in [1.29, 1.82) is 0 Å². The lowest BCUT2D eigenvalue weighted by atomic mass is 10.1. The van der Waals surface area contributed by atoms with Gasteiger partial charge in [-0.25, -0.2) is 8.42 Å². The van der Waals surface area contributed by atoms with Crippen LogP contribution in [0, 0.1) is 0 Å². The molecule has 1 amide bonds. The van der Waals surface area contributed by atoms with Gasteiger partial charge < -0.3 is 5.32 Å². The van der Waals surface area contributed by atoms with Gasteiger partial charge in [0.2, 0.25) is 0 Å². The summed E-state index contributed by atoms with van der Waals surface area (Å²) in [5, 5.41) is 17.6. The summed E-state index contributed by atoms with van der Waals surface area (Å²) in [5.41, 5.74) is 1.79. The van der Waals surface area contributed by atoms with Crippen molar-refractivity contribution in [2.45, 2.75) is 4.90 Å². The fourth-order valence-electron chi connectivity index (χ4n) is 2.72. The van der Waals surface area contributed by atoms with Crippen LogP contribution in [-0.2, 0) is 10.0 Å². The van der Waals surface area contributed by atoms with Gasteiger partial charge in [0.05, 0.1) is 20.6 Å². The van der Waals surface area contributed by atoms with E-state index in [1.807, 2.05) is 0 Å². The van der Waals surface area contributed by atoms with Crippen LogP contribution in [0.25, 0.3) is 11.3 Å². The molecule has 168 valence electrons. The van der Waals surface area contributed by atoms with E-state index in [-0.39, 0.29) is 21.6 Å². The van der Waals surface area contributed by atoms with Gasteiger partial charge in [-0.05, 0) is 54.6 Å². The quantitative estimate of drug-likeness (QED) is 0.330. The normalized spacial score (nSPS) is 11.2. The maximum absolute atomic E-state index is 12.5. The monoisotopic (exact) mass is 522 g/mol. The first-order valence-electron chi connectivity index (χ1n) is 9.15. The highest BCUT2D eigenvalue weighted by molar-refractivity contribution is 7.92. The summed E-state index contributed by atoms with van der Waals surface area (Å²) >= 11 is 17.6. The number of hydrogen-bond donors (Lipinski definition) is 3. The van der Waals surface area contributed by atoms with Crippen LogP contribution in [0.5, 0.6) is 0 Å². The number of sulfonamides is 1. The average Bonchev–Trinajstić information content (AvgIpc) is 3.28. The molecule has 4 aromatic rings. The number of anilines is 2. The van der Waals surface area contributed by atoms with Gasteiger partial charge in [0.1, 0.15) is 5.69 Å². The number of nitrogens with zero attached hydrogens (tertiary/aromatic N) is 3. The highest BCUT2D eigenvalue weighted by atomic mass is 35.5. The first-order valence-corrected chi connectivity index (χ1v) is 11.8. The number of nitrogens with one attached hydrogen (secondary N) is 3. The molecule has 0 unspecified atom stereocenters. The van der Waals surface area contributed by atoms with Crippen LogP contribution < -0.4 is 10.0 Å². The molecule has 9 nitrogen and oxygen atoms in total. The predicted molar refractivity (Wildman–Crippen MR) is 126 cm³/mol. The van der Waals surface area contributed by atoms with Crippen LogP contribution in [0.4, 0.5) is 11.5 Å². The van der Waals surface area contributed by atoms with E-state index in [1.54, 1.807) is 24.3 Å². The van der Waals surface area contributed by atoms with Gasteiger partial charge in [-0.15, -0.1) is 10.2 Å². The Bertz CT molecular complexity index is 1420. The molecule has 0 fully saturated rings. The molecule has 0 saturated carbocycles. The van der Waals surface area contributed by atoms with Gasteiger partial charge >= 0.3 is 0 Å². The maximum atomic E-state index is 12.5. The summed E-state index contributed by atoms with van der Waals surface area (Å²) in [6.45, 7) is 0. The Morgan fingerprint density at radius 2 is 1.64 bits per heavy atom. The van der Waals surface area contributed by atoms with E-state index < -0.39 is 15.9 Å². The summed E-state index contributed by atoms with van der Waals surface area (Å²) in [5.74, 6) is -0.437. The van der Waals surface area contributed by atoms with Gasteiger partial charge in [0.25, 0.3) is 15.9 Å². The molecule has 3 N–H and O–H groups in total. The minimum Gasteiger partial charge on any atom is -0.321 e. The molecule has 0 bridgehead atoms. The second kappa shape index (κ2) is 9.36. The molecule has 0 saturated heterocycles. The summed E-state index contributed by atoms with van der Waals surface area (Å²) in [7, 11) is -3.90. The van der Waals surface area contributed by atoms with Crippen LogP contribution >= 0.6 is 34.8 Å². The topological polar surface area (TPSA) is 130 Å². The summed E-state index contributed by atoms with van der Waals surface area (Å²) in [6.07, 6.45) is 0. The number of aromatic nitrogens is 4. The molecular formula is C20H13Cl3N6O3S. The first-order chi connectivity index (χ1) is 15.7. The van der Waals surface area contributed by atoms with E-state index in [2.05, 4.69) is 30.4 Å². The fraction of sp³-hybridized carbons (Fsp3) is 0. The van der Waals surface area contributed by atoms with Gasteiger partial charge in [-0.1, -0.05) is 40.9 Å². The van der Waals surface area contributed by atoms with E-state index in [9.17, 15) is 13.2 Å². The zero-order valence-corrected chi connectivity index (χ0v) is 19.5. The molecule has 2 aromatic carbocycles. The van der Waals surface area contributed by atoms with Crippen LogP contribution in [0.2, 0.25) is 15.2 Å². The number of rotatable bonds is 6. The maximum Gasteiger partial charge on any atom is 0.273 e. The minimum atomic E-state index is -3.90. The molecule has 0 aliphatic rings. The Labute approximate surface area is 203 Å². The van der Waals surface area contributed by atoms with Gasteiger partial charge in [-0.2, -0.15) is 5.10 Å². The lowest BCUT2D eigenvalue weighted by molar-refractivity contribution is 0.102. The molecule has 0 atom stereocenters. The number of hydrogen-bond acceptors (Lipinski definition) is 6. The Hall–Kier alpha value is -3.18. The number of halogens is 3. The van der Waals surface area contributed by atoms with Crippen molar-refractivity contribution in [3.8, 4) is 11.3 Å². The van der Waals surface area contributed by atoms with Crippen LogP contribution in [0.15, 0.2) is 65.6 Å². The fourth-order valence-corrected chi connectivity index (χ4v) is 4.12. The van der Waals surface area contributed by atoms with Crippen molar-refractivity contribution in [1.82, 2.24) is 20.4 Å². The zero-order valence-electron chi connectivity index (χ0n) is 16.4. The smallest absolute Gasteiger partial charge is 0.273 e. The van der Waals surface area contributed by atoms with E-state index in [0.717, 1.165) is 0 Å². The third-order valence-electron chi connectivity index (χ3n) is 4.33. The Kier molecular flexibility index (Phi) is 6.52. The standard InChI is InChI=1S/C20H13Cl3N6O3S/c21-14-6-1-11(9-15(14)22)16-10-17(26-25-16)20(30)24-12-2-4-13(5-3-12)33(31,32)29-19-8-7-18(23)27-28-19/h1-10H,(H,24,30)(H,25,26)(H,28,29). The number of amides is 1. The summed E-state index contributed by atoms with van der Waals surface area (Å²) in [6, 6.07) is 15.0.